The number of aliphatic hydroxyl groups is 2. The second-order valence-corrected chi connectivity index (χ2v) is 14.9. The van der Waals surface area contributed by atoms with Gasteiger partial charge in [0.1, 0.15) is 18.3 Å². The predicted octanol–water partition coefficient (Wildman–Crippen LogP) is -1.62. The maximum absolute atomic E-state index is 11.9. The summed E-state index contributed by atoms with van der Waals surface area (Å²) < 4.78 is 49.0. The Kier molecular flexibility index (Phi) is 7.07. The number of aromatic amines is 1. The first-order chi connectivity index (χ1) is 14.6. The third-order valence-electron chi connectivity index (χ3n) is 3.88. The summed E-state index contributed by atoms with van der Waals surface area (Å²) in [4.78, 5) is 57.9. The number of imidazole rings is 1. The van der Waals surface area contributed by atoms with Crippen LogP contribution in [0.4, 0.5) is 5.95 Å². The van der Waals surface area contributed by atoms with E-state index in [1.54, 1.807) is 0 Å². The van der Waals surface area contributed by atoms with Crippen molar-refractivity contribution in [1.29, 1.82) is 0 Å². The molecule has 6 atom stereocenters. The molecule has 9 N–H and O–H groups in total. The minimum atomic E-state index is -5.37. The van der Waals surface area contributed by atoms with Crippen molar-refractivity contribution in [2.75, 3.05) is 12.3 Å². The SMILES string of the molecule is Nc1nc2c(ncn2[C@@H]2O[C@H](COP(=O)(O)OP(=O)(O)SP(=O)(O)O)[C@@H](O)[C@H]2O)c(=O)[nH]1. The largest absolute Gasteiger partial charge is 0.480 e. The molecule has 0 radical (unpaired) electrons. The Morgan fingerprint density at radius 2 is 1.88 bits per heavy atom. The van der Waals surface area contributed by atoms with Gasteiger partial charge in [-0.15, -0.1) is 0 Å². The summed E-state index contributed by atoms with van der Waals surface area (Å²) in [5, 5.41) is 20.4. The van der Waals surface area contributed by atoms with Gasteiger partial charge in [0.15, 0.2) is 17.4 Å². The highest BCUT2D eigenvalue weighted by atomic mass is 33.1. The van der Waals surface area contributed by atoms with Crippen LogP contribution in [0, 0.1) is 0 Å². The van der Waals surface area contributed by atoms with Gasteiger partial charge in [0.25, 0.3) is 5.56 Å². The Morgan fingerprint density at radius 1 is 1.22 bits per heavy atom. The first-order valence-corrected chi connectivity index (χ1v) is 14.8. The number of nitrogens with two attached hydrogens (primary N) is 1. The molecular formula is C10H16N5O13P3S. The third-order valence-corrected chi connectivity index (χ3v) is 12.1. The van der Waals surface area contributed by atoms with Crippen molar-refractivity contribution in [3.63, 3.8) is 0 Å². The van der Waals surface area contributed by atoms with Gasteiger partial charge in [-0.3, -0.25) is 18.9 Å². The number of ether oxygens (including phenoxy) is 1. The molecule has 1 saturated heterocycles. The number of aromatic nitrogens is 4. The fourth-order valence-electron chi connectivity index (χ4n) is 2.70. The number of phosphoric acid groups is 1. The molecule has 1 aliphatic heterocycles. The number of nitrogens with one attached hydrogen (secondary N) is 1. The normalized spacial score (nSPS) is 27.9. The summed E-state index contributed by atoms with van der Waals surface area (Å²) in [6, 6.07) is 0. The zero-order valence-corrected chi connectivity index (χ0v) is 18.8. The van der Waals surface area contributed by atoms with Gasteiger partial charge in [-0.1, -0.05) is 0 Å². The summed E-state index contributed by atoms with van der Waals surface area (Å²) in [6.45, 7) is -11.4. The fraction of sp³-hybridized carbons (Fsp3) is 0.500. The molecule has 1 aliphatic rings. The summed E-state index contributed by atoms with van der Waals surface area (Å²) in [6.07, 6.45) is -5.22. The summed E-state index contributed by atoms with van der Waals surface area (Å²) in [5.74, 6) is -0.267. The van der Waals surface area contributed by atoms with Crippen LogP contribution in [-0.2, 0) is 27.3 Å². The molecule has 32 heavy (non-hydrogen) atoms. The summed E-state index contributed by atoms with van der Waals surface area (Å²) >= 11 is -0.886. The van der Waals surface area contributed by atoms with Crippen molar-refractivity contribution in [3.8, 4) is 0 Å². The van der Waals surface area contributed by atoms with Crippen LogP contribution in [0.25, 0.3) is 11.2 Å². The first-order valence-electron chi connectivity index (χ1n) is 8.11. The average molecular weight is 539 g/mol. The highest BCUT2D eigenvalue weighted by Gasteiger charge is 2.46. The van der Waals surface area contributed by atoms with Crippen molar-refractivity contribution in [2.24, 2.45) is 0 Å². The lowest BCUT2D eigenvalue weighted by Crippen LogP contribution is -2.33. The number of H-pyrrole nitrogens is 1. The Hall–Kier alpha value is -1.17. The van der Waals surface area contributed by atoms with E-state index in [1.165, 1.54) is 0 Å². The Bertz CT molecular complexity index is 1210. The fourth-order valence-corrected chi connectivity index (χ4v) is 9.71. The van der Waals surface area contributed by atoms with E-state index >= 15 is 0 Å². The number of fused-ring (bicyclic) bond motifs is 1. The molecule has 0 aromatic carbocycles. The molecule has 0 spiro atoms. The maximum Gasteiger partial charge on any atom is 0.480 e. The van der Waals surface area contributed by atoms with Crippen molar-refractivity contribution < 1.29 is 57.1 Å². The molecule has 180 valence electrons. The lowest BCUT2D eigenvalue weighted by atomic mass is 10.1. The highest BCUT2D eigenvalue weighted by molar-refractivity contribution is 8.84. The van der Waals surface area contributed by atoms with Gasteiger partial charge in [-0.05, 0) is 0 Å². The number of aliphatic hydroxyl groups excluding tert-OH is 2. The molecule has 18 nitrogen and oxygen atoms in total. The van der Waals surface area contributed by atoms with E-state index in [0.29, 0.717) is 0 Å². The zero-order valence-electron chi connectivity index (χ0n) is 15.3. The van der Waals surface area contributed by atoms with Crippen LogP contribution in [0.2, 0.25) is 0 Å². The Labute approximate surface area is 180 Å². The van der Waals surface area contributed by atoms with E-state index in [9.17, 15) is 38.5 Å². The number of rotatable bonds is 8. The van der Waals surface area contributed by atoms with Gasteiger partial charge in [0.05, 0.1) is 23.9 Å². The van der Waals surface area contributed by atoms with Crippen LogP contribution in [-0.4, -0.2) is 74.2 Å². The Balaban J connectivity index is 1.72. The zero-order chi connectivity index (χ0) is 24.1. The smallest absolute Gasteiger partial charge is 0.387 e. The quantitative estimate of drug-likeness (QED) is 0.175. The van der Waals surface area contributed by atoms with E-state index in [2.05, 4.69) is 23.8 Å². The molecule has 0 saturated carbocycles. The van der Waals surface area contributed by atoms with Crippen LogP contribution in [0.15, 0.2) is 11.1 Å². The second kappa shape index (κ2) is 8.88. The maximum atomic E-state index is 11.9. The molecule has 2 aromatic heterocycles. The number of hydrogen-bond acceptors (Lipinski definition) is 13. The van der Waals surface area contributed by atoms with Crippen molar-refractivity contribution >= 4 is 49.5 Å². The van der Waals surface area contributed by atoms with Crippen LogP contribution < -0.4 is 11.3 Å². The van der Waals surface area contributed by atoms with Gasteiger partial charge < -0.3 is 40.3 Å². The van der Waals surface area contributed by atoms with Crippen LogP contribution in [0.3, 0.4) is 0 Å². The van der Waals surface area contributed by atoms with Crippen molar-refractivity contribution in [3.05, 3.63) is 16.7 Å². The molecule has 1 fully saturated rings. The van der Waals surface area contributed by atoms with E-state index in [0.717, 1.165) is 10.9 Å². The number of anilines is 1. The van der Waals surface area contributed by atoms with E-state index < -0.39 is 69.1 Å². The third kappa shape index (κ3) is 5.84. The van der Waals surface area contributed by atoms with Crippen molar-refractivity contribution in [1.82, 2.24) is 19.5 Å². The van der Waals surface area contributed by atoms with E-state index in [-0.39, 0.29) is 17.1 Å². The predicted molar refractivity (Wildman–Crippen MR) is 105 cm³/mol. The molecule has 2 aromatic rings. The Morgan fingerprint density at radius 3 is 2.50 bits per heavy atom. The molecule has 0 bridgehead atoms. The minimum absolute atomic E-state index is 0.101. The standard InChI is InChI=1S/C10H16N5O13P3S/c11-10-13-7-4(8(18)14-10)12-2-15(7)9-6(17)5(16)3(27-9)1-26-30(22,23)28-31(24,25)32-29(19,20)21/h2-3,5-6,9,16-17H,1H2,(H,22,23)(H,24,25)(H2,19,20,21)(H3,11,13,14,18)/t3-,5-,6-,9-/m1/s1. The number of nitrogens with zero attached hydrogens (tertiary/aromatic N) is 3. The van der Waals surface area contributed by atoms with E-state index in [1.807, 2.05) is 0 Å². The molecule has 3 rings (SSSR count). The molecule has 22 heteroatoms. The number of hydrogen-bond donors (Lipinski definition) is 8. The summed E-state index contributed by atoms with van der Waals surface area (Å²) in [5.41, 5.74) is 4.54. The van der Waals surface area contributed by atoms with Gasteiger partial charge in [-0.2, -0.15) is 9.29 Å². The lowest BCUT2D eigenvalue weighted by Gasteiger charge is -2.19. The van der Waals surface area contributed by atoms with Gasteiger partial charge >= 0.3 is 21.4 Å². The molecule has 3 heterocycles. The summed E-state index contributed by atoms with van der Waals surface area (Å²) in [7, 11) is -5.37. The minimum Gasteiger partial charge on any atom is -0.387 e. The van der Waals surface area contributed by atoms with Gasteiger partial charge in [0.2, 0.25) is 5.95 Å². The number of phosphoric ester groups is 1. The highest BCUT2D eigenvalue weighted by Crippen LogP contribution is 2.77. The van der Waals surface area contributed by atoms with Crippen molar-refractivity contribution in [2.45, 2.75) is 24.5 Å². The molecule has 0 aliphatic carbocycles. The van der Waals surface area contributed by atoms with Gasteiger partial charge in [0, 0.05) is 0 Å². The van der Waals surface area contributed by atoms with Crippen LogP contribution >= 0.6 is 32.4 Å². The van der Waals surface area contributed by atoms with Gasteiger partial charge in [-0.25, -0.2) is 18.7 Å². The average Bonchev–Trinajstić information content (AvgIpc) is 3.12. The monoisotopic (exact) mass is 539 g/mol. The molecule has 0 amide bonds. The van der Waals surface area contributed by atoms with Crippen LogP contribution in [0.1, 0.15) is 6.23 Å². The number of nitrogen functional groups attached to an aromatic ring is 1. The second-order valence-electron chi connectivity index (χ2n) is 6.21. The molecular weight excluding hydrogens is 523 g/mol. The topological polar surface area (TPSA) is 290 Å². The van der Waals surface area contributed by atoms with E-state index in [4.69, 9.17) is 20.3 Å². The lowest BCUT2D eigenvalue weighted by molar-refractivity contribution is -0.0501. The molecule has 2 unspecified atom stereocenters. The van der Waals surface area contributed by atoms with Crippen LogP contribution in [0.5, 0.6) is 0 Å². The first kappa shape index (κ1) is 25.5.